The van der Waals surface area contributed by atoms with Gasteiger partial charge in [0, 0.05) is 0 Å². The molecule has 0 unspecified atom stereocenters. The highest BCUT2D eigenvalue weighted by atomic mass is 16.5. The van der Waals surface area contributed by atoms with E-state index in [9.17, 15) is 4.79 Å². The van der Waals surface area contributed by atoms with E-state index in [4.69, 9.17) is 14.4 Å². The molecule has 0 radical (unpaired) electrons. The second-order valence-electron chi connectivity index (χ2n) is 4.42. The third-order valence-corrected chi connectivity index (χ3v) is 2.86. The minimum atomic E-state index is -1.06. The van der Waals surface area contributed by atoms with E-state index >= 15 is 0 Å². The molecule has 1 aromatic heterocycles. The quantitative estimate of drug-likeness (QED) is 0.916. The van der Waals surface area contributed by atoms with Gasteiger partial charge in [0.05, 0.1) is 0 Å². The van der Waals surface area contributed by atoms with Crippen LogP contribution in [0.5, 0.6) is 5.75 Å². The fraction of sp³-hybridized carbons (Fsp3) is 0.286. The van der Waals surface area contributed by atoms with E-state index in [0.29, 0.717) is 5.69 Å². The summed E-state index contributed by atoms with van der Waals surface area (Å²) in [6.07, 6.45) is 0. The highest BCUT2D eigenvalue weighted by molar-refractivity contribution is 5.89. The summed E-state index contributed by atoms with van der Waals surface area (Å²) >= 11 is 0. The normalized spacial score (nSPS) is 10.5. The lowest BCUT2D eigenvalue weighted by Crippen LogP contribution is -2.05. The summed E-state index contributed by atoms with van der Waals surface area (Å²) in [6, 6.07) is 5.85. The molecular weight excluding hydrogens is 246 g/mol. The molecule has 0 aliphatic rings. The Hall–Kier alpha value is -2.30. The number of ether oxygens (including phenoxy) is 1. The van der Waals surface area contributed by atoms with Crippen molar-refractivity contribution in [3.05, 3.63) is 46.3 Å². The first-order valence-electron chi connectivity index (χ1n) is 5.87. The fourth-order valence-corrected chi connectivity index (χ4v) is 1.80. The van der Waals surface area contributed by atoms with Gasteiger partial charge in [-0.3, -0.25) is 0 Å². The Labute approximate surface area is 110 Å². The van der Waals surface area contributed by atoms with Gasteiger partial charge in [-0.1, -0.05) is 17.3 Å². The smallest absolute Gasteiger partial charge is 0.341 e. The van der Waals surface area contributed by atoms with Crippen LogP contribution in [0.4, 0.5) is 0 Å². The Balaban J connectivity index is 2.19. The van der Waals surface area contributed by atoms with E-state index in [-0.39, 0.29) is 17.9 Å². The van der Waals surface area contributed by atoms with Crippen molar-refractivity contribution in [3.63, 3.8) is 0 Å². The van der Waals surface area contributed by atoms with Crippen LogP contribution in [0.2, 0.25) is 0 Å². The molecule has 0 aliphatic carbocycles. The predicted octanol–water partition coefficient (Wildman–Crippen LogP) is 2.88. The average molecular weight is 261 g/mol. The molecule has 0 spiro atoms. The lowest BCUT2D eigenvalue weighted by molar-refractivity contribution is 0.0692. The van der Waals surface area contributed by atoms with Gasteiger partial charge in [0.1, 0.15) is 29.4 Å². The van der Waals surface area contributed by atoms with Crippen molar-refractivity contribution in [2.24, 2.45) is 0 Å². The number of aromatic nitrogens is 1. The summed E-state index contributed by atoms with van der Waals surface area (Å²) < 4.78 is 10.5. The van der Waals surface area contributed by atoms with Gasteiger partial charge in [0.2, 0.25) is 0 Å². The second kappa shape index (κ2) is 5.14. The molecule has 2 aromatic rings. The number of aromatic carboxylic acids is 1. The van der Waals surface area contributed by atoms with Gasteiger partial charge in [-0.15, -0.1) is 0 Å². The summed E-state index contributed by atoms with van der Waals surface area (Å²) in [4.78, 5) is 11.1. The van der Waals surface area contributed by atoms with Gasteiger partial charge in [-0.25, -0.2) is 4.79 Å². The van der Waals surface area contributed by atoms with Crippen LogP contribution in [-0.2, 0) is 6.61 Å². The molecule has 1 N–H and O–H groups in total. The van der Waals surface area contributed by atoms with E-state index in [0.717, 1.165) is 16.9 Å². The Morgan fingerprint density at radius 1 is 1.37 bits per heavy atom. The third kappa shape index (κ3) is 2.76. The van der Waals surface area contributed by atoms with Crippen molar-refractivity contribution >= 4 is 5.97 Å². The van der Waals surface area contributed by atoms with Crippen LogP contribution in [0.1, 0.15) is 32.9 Å². The molecular formula is C14H15NO4. The first-order chi connectivity index (χ1) is 8.99. The molecule has 2 rings (SSSR count). The number of carbonyl (C=O) groups is 1. The molecule has 100 valence electrons. The van der Waals surface area contributed by atoms with Gasteiger partial charge in [0.15, 0.2) is 0 Å². The van der Waals surface area contributed by atoms with Crippen LogP contribution in [0.15, 0.2) is 22.7 Å². The Kier molecular flexibility index (Phi) is 3.55. The topological polar surface area (TPSA) is 72.6 Å². The Morgan fingerprint density at radius 3 is 2.79 bits per heavy atom. The van der Waals surface area contributed by atoms with Crippen molar-refractivity contribution in [2.75, 3.05) is 0 Å². The first-order valence-corrected chi connectivity index (χ1v) is 5.87. The summed E-state index contributed by atoms with van der Waals surface area (Å²) in [5.74, 6) is -0.0534. The molecule has 0 aliphatic heterocycles. The zero-order valence-electron chi connectivity index (χ0n) is 11.1. The predicted molar refractivity (Wildman–Crippen MR) is 68.4 cm³/mol. The van der Waals surface area contributed by atoms with Crippen LogP contribution >= 0.6 is 0 Å². The van der Waals surface area contributed by atoms with E-state index in [2.05, 4.69) is 5.16 Å². The zero-order valence-corrected chi connectivity index (χ0v) is 11.1. The van der Waals surface area contributed by atoms with Gasteiger partial charge in [0.25, 0.3) is 0 Å². The molecule has 5 nitrogen and oxygen atoms in total. The fourth-order valence-electron chi connectivity index (χ4n) is 1.80. The Morgan fingerprint density at radius 2 is 2.11 bits per heavy atom. The van der Waals surface area contributed by atoms with Crippen LogP contribution < -0.4 is 4.74 Å². The second-order valence-corrected chi connectivity index (χ2v) is 4.42. The monoisotopic (exact) mass is 261 g/mol. The lowest BCUT2D eigenvalue weighted by atomic mass is 10.1. The largest absolute Gasteiger partial charge is 0.487 e. The summed E-state index contributed by atoms with van der Waals surface area (Å²) in [6.45, 7) is 5.54. The molecule has 0 atom stereocenters. The number of carboxylic acid groups (broad SMARTS) is 1. The SMILES string of the molecule is Cc1ccc(C)c(OCc2noc(C)c2C(=O)O)c1. The van der Waals surface area contributed by atoms with Crippen LogP contribution in [0.3, 0.4) is 0 Å². The molecule has 0 amide bonds. The van der Waals surface area contributed by atoms with Crippen molar-refractivity contribution in [1.82, 2.24) is 5.16 Å². The van der Waals surface area contributed by atoms with Crippen LogP contribution in [-0.4, -0.2) is 16.2 Å². The highest BCUT2D eigenvalue weighted by Gasteiger charge is 2.20. The molecule has 1 heterocycles. The standard InChI is InChI=1S/C14H15NO4/c1-8-4-5-9(2)12(6-8)18-7-11-13(14(16)17)10(3)19-15-11/h4-6H,7H2,1-3H3,(H,16,17). The number of hydrogen-bond acceptors (Lipinski definition) is 4. The maximum Gasteiger partial charge on any atom is 0.341 e. The number of carboxylic acids is 1. The number of hydrogen-bond donors (Lipinski definition) is 1. The van der Waals surface area contributed by atoms with Crippen LogP contribution in [0.25, 0.3) is 0 Å². The molecule has 0 saturated heterocycles. The maximum absolute atomic E-state index is 11.1. The van der Waals surface area contributed by atoms with Crippen molar-refractivity contribution < 1.29 is 19.2 Å². The molecule has 5 heteroatoms. The first kappa shape index (κ1) is 13.1. The van der Waals surface area contributed by atoms with Crippen molar-refractivity contribution in [1.29, 1.82) is 0 Å². The minimum Gasteiger partial charge on any atom is -0.487 e. The molecule has 0 saturated carbocycles. The van der Waals surface area contributed by atoms with Gasteiger partial charge < -0.3 is 14.4 Å². The average Bonchev–Trinajstić information content (AvgIpc) is 2.72. The van der Waals surface area contributed by atoms with Crippen LogP contribution in [0, 0.1) is 20.8 Å². The molecule has 19 heavy (non-hydrogen) atoms. The molecule has 0 bridgehead atoms. The molecule has 1 aromatic carbocycles. The van der Waals surface area contributed by atoms with E-state index in [1.807, 2.05) is 32.0 Å². The van der Waals surface area contributed by atoms with Crippen molar-refractivity contribution in [2.45, 2.75) is 27.4 Å². The minimum absolute atomic E-state index is 0.0727. The number of aryl methyl sites for hydroxylation is 3. The summed E-state index contributed by atoms with van der Waals surface area (Å²) in [5.41, 5.74) is 2.44. The lowest BCUT2D eigenvalue weighted by Gasteiger charge is -2.08. The van der Waals surface area contributed by atoms with E-state index in [1.54, 1.807) is 6.92 Å². The van der Waals surface area contributed by atoms with Gasteiger partial charge in [-0.2, -0.15) is 0 Å². The van der Waals surface area contributed by atoms with E-state index < -0.39 is 5.97 Å². The summed E-state index contributed by atoms with van der Waals surface area (Å²) in [7, 11) is 0. The van der Waals surface area contributed by atoms with Crippen molar-refractivity contribution in [3.8, 4) is 5.75 Å². The van der Waals surface area contributed by atoms with Gasteiger partial charge in [-0.05, 0) is 38.0 Å². The number of nitrogens with zero attached hydrogens (tertiary/aromatic N) is 1. The zero-order chi connectivity index (χ0) is 14.0. The summed E-state index contributed by atoms with van der Waals surface area (Å²) in [5, 5.41) is 12.8. The highest BCUT2D eigenvalue weighted by Crippen LogP contribution is 2.21. The van der Waals surface area contributed by atoms with E-state index in [1.165, 1.54) is 0 Å². The maximum atomic E-state index is 11.1. The number of rotatable bonds is 4. The van der Waals surface area contributed by atoms with Gasteiger partial charge >= 0.3 is 5.97 Å². The molecule has 0 fully saturated rings. The third-order valence-electron chi connectivity index (χ3n) is 2.86. The number of benzene rings is 1. The Bertz CT molecular complexity index is 616.